The number of amides is 1. The van der Waals surface area contributed by atoms with Crippen molar-refractivity contribution in [1.82, 2.24) is 0 Å². The third-order valence-corrected chi connectivity index (χ3v) is 2.48. The highest BCUT2D eigenvalue weighted by atomic mass is 32.2. The standard InChI is InChI=1S/C11H15NOS/c1-8(2)9-4-6-10(7-5-9)12-11(13)14-3/h4-8H,1-3H3,(H,12,13). The molecule has 14 heavy (non-hydrogen) atoms. The molecule has 0 aromatic heterocycles. The molecule has 1 aromatic rings. The summed E-state index contributed by atoms with van der Waals surface area (Å²) in [6.45, 7) is 4.30. The molecule has 0 bridgehead atoms. The number of hydrogen-bond acceptors (Lipinski definition) is 2. The second-order valence-electron chi connectivity index (χ2n) is 3.39. The highest BCUT2D eigenvalue weighted by molar-refractivity contribution is 8.13. The molecule has 0 fully saturated rings. The maximum atomic E-state index is 11.1. The van der Waals surface area contributed by atoms with Gasteiger partial charge in [0.05, 0.1) is 0 Å². The number of anilines is 1. The van der Waals surface area contributed by atoms with Gasteiger partial charge >= 0.3 is 0 Å². The zero-order chi connectivity index (χ0) is 10.6. The molecule has 76 valence electrons. The maximum Gasteiger partial charge on any atom is 0.283 e. The quantitative estimate of drug-likeness (QED) is 0.804. The normalized spacial score (nSPS) is 10.3. The van der Waals surface area contributed by atoms with Crippen LogP contribution in [0.4, 0.5) is 10.5 Å². The number of rotatable bonds is 2. The Morgan fingerprint density at radius 1 is 1.29 bits per heavy atom. The largest absolute Gasteiger partial charge is 0.317 e. The number of benzene rings is 1. The van der Waals surface area contributed by atoms with Gasteiger partial charge in [-0.2, -0.15) is 0 Å². The van der Waals surface area contributed by atoms with Crippen LogP contribution in [0.3, 0.4) is 0 Å². The number of hydrogen-bond donors (Lipinski definition) is 1. The van der Waals surface area contributed by atoms with Gasteiger partial charge in [0.25, 0.3) is 5.24 Å². The number of carbonyl (C=O) groups excluding carboxylic acids is 1. The molecule has 0 aliphatic heterocycles. The van der Waals surface area contributed by atoms with Crippen LogP contribution in [0.5, 0.6) is 0 Å². The molecule has 0 atom stereocenters. The van der Waals surface area contributed by atoms with E-state index in [9.17, 15) is 4.79 Å². The molecule has 0 saturated heterocycles. The van der Waals surface area contributed by atoms with Gasteiger partial charge in [-0.25, -0.2) is 0 Å². The van der Waals surface area contributed by atoms with Crippen molar-refractivity contribution in [3.63, 3.8) is 0 Å². The van der Waals surface area contributed by atoms with Gasteiger partial charge < -0.3 is 5.32 Å². The average molecular weight is 209 g/mol. The van der Waals surface area contributed by atoms with Gasteiger partial charge in [0.2, 0.25) is 0 Å². The maximum absolute atomic E-state index is 11.1. The Morgan fingerprint density at radius 2 is 1.86 bits per heavy atom. The zero-order valence-electron chi connectivity index (χ0n) is 8.70. The van der Waals surface area contributed by atoms with Crippen molar-refractivity contribution in [1.29, 1.82) is 0 Å². The predicted molar refractivity (Wildman–Crippen MR) is 63.1 cm³/mol. The summed E-state index contributed by atoms with van der Waals surface area (Å²) in [6.07, 6.45) is 1.76. The van der Waals surface area contributed by atoms with Crippen molar-refractivity contribution >= 4 is 22.7 Å². The number of nitrogens with one attached hydrogen (secondary N) is 1. The molecule has 0 saturated carbocycles. The van der Waals surface area contributed by atoms with Crippen molar-refractivity contribution in [2.45, 2.75) is 19.8 Å². The van der Waals surface area contributed by atoms with Gasteiger partial charge in [0.15, 0.2) is 0 Å². The van der Waals surface area contributed by atoms with Crippen LogP contribution in [0.15, 0.2) is 24.3 Å². The van der Waals surface area contributed by atoms with Crippen molar-refractivity contribution < 1.29 is 4.79 Å². The second kappa shape index (κ2) is 5.05. The van der Waals surface area contributed by atoms with Gasteiger partial charge in [-0.15, -0.1) is 0 Å². The fourth-order valence-corrected chi connectivity index (χ4v) is 1.34. The van der Waals surface area contributed by atoms with E-state index in [2.05, 4.69) is 19.2 Å². The summed E-state index contributed by atoms with van der Waals surface area (Å²) in [7, 11) is 0. The van der Waals surface area contributed by atoms with E-state index in [1.54, 1.807) is 6.26 Å². The van der Waals surface area contributed by atoms with Crippen LogP contribution in [-0.2, 0) is 0 Å². The summed E-state index contributed by atoms with van der Waals surface area (Å²) in [5.41, 5.74) is 2.14. The average Bonchev–Trinajstić information content (AvgIpc) is 2.18. The van der Waals surface area contributed by atoms with E-state index in [1.807, 2.05) is 24.3 Å². The molecule has 0 radical (unpaired) electrons. The lowest BCUT2D eigenvalue weighted by atomic mass is 10.0. The van der Waals surface area contributed by atoms with Gasteiger partial charge in [-0.1, -0.05) is 37.7 Å². The van der Waals surface area contributed by atoms with Crippen LogP contribution in [0.2, 0.25) is 0 Å². The van der Waals surface area contributed by atoms with Crippen LogP contribution in [0, 0.1) is 0 Å². The highest BCUT2D eigenvalue weighted by Gasteiger charge is 2.01. The first kappa shape index (κ1) is 11.1. The first-order valence-corrected chi connectivity index (χ1v) is 5.81. The second-order valence-corrected chi connectivity index (χ2v) is 4.17. The third-order valence-electron chi connectivity index (χ3n) is 2.01. The molecular weight excluding hydrogens is 194 g/mol. The summed E-state index contributed by atoms with van der Waals surface area (Å²) in [5.74, 6) is 0.528. The van der Waals surface area contributed by atoms with Crippen LogP contribution < -0.4 is 5.32 Å². The van der Waals surface area contributed by atoms with Gasteiger partial charge in [-0.05, 0) is 29.9 Å². The minimum Gasteiger partial charge on any atom is -0.317 e. The third kappa shape index (κ3) is 3.07. The molecule has 0 spiro atoms. The summed E-state index contributed by atoms with van der Waals surface area (Å²) >= 11 is 1.18. The van der Waals surface area contributed by atoms with Crippen LogP contribution >= 0.6 is 11.8 Å². The zero-order valence-corrected chi connectivity index (χ0v) is 9.52. The Labute approximate surface area is 89.1 Å². The van der Waals surface area contributed by atoms with E-state index in [0.717, 1.165) is 5.69 Å². The van der Waals surface area contributed by atoms with Gasteiger partial charge in [-0.3, -0.25) is 4.79 Å². The smallest absolute Gasteiger partial charge is 0.283 e. The van der Waals surface area contributed by atoms with Crippen LogP contribution in [0.1, 0.15) is 25.3 Å². The molecule has 2 nitrogen and oxygen atoms in total. The predicted octanol–water partition coefficient (Wildman–Crippen LogP) is 3.70. The van der Waals surface area contributed by atoms with Crippen molar-refractivity contribution in [3.05, 3.63) is 29.8 Å². The van der Waals surface area contributed by atoms with E-state index >= 15 is 0 Å². The SMILES string of the molecule is CSC(=O)Nc1ccc(C(C)C)cc1. The summed E-state index contributed by atoms with van der Waals surface area (Å²) in [5, 5.41) is 2.76. The topological polar surface area (TPSA) is 29.1 Å². The lowest BCUT2D eigenvalue weighted by Crippen LogP contribution is -2.03. The molecular formula is C11H15NOS. The highest BCUT2D eigenvalue weighted by Crippen LogP contribution is 2.17. The first-order valence-electron chi connectivity index (χ1n) is 4.58. The first-order chi connectivity index (χ1) is 6.63. The summed E-state index contributed by atoms with van der Waals surface area (Å²) in [4.78, 5) is 11.1. The molecule has 0 unspecified atom stereocenters. The fourth-order valence-electron chi connectivity index (χ4n) is 1.12. The molecule has 1 aromatic carbocycles. The van der Waals surface area contributed by atoms with Crippen molar-refractivity contribution in [2.24, 2.45) is 0 Å². The minimum absolute atomic E-state index is 0.0257. The molecule has 1 amide bonds. The number of carbonyl (C=O) groups is 1. The van der Waals surface area contributed by atoms with Crippen molar-refractivity contribution in [2.75, 3.05) is 11.6 Å². The van der Waals surface area contributed by atoms with Crippen molar-refractivity contribution in [3.8, 4) is 0 Å². The minimum atomic E-state index is -0.0257. The Kier molecular flexibility index (Phi) is 4.01. The van der Waals surface area contributed by atoms with Crippen LogP contribution in [0.25, 0.3) is 0 Å². The van der Waals surface area contributed by atoms with Crippen LogP contribution in [-0.4, -0.2) is 11.5 Å². The molecule has 0 heterocycles. The van der Waals surface area contributed by atoms with Gasteiger partial charge in [0, 0.05) is 5.69 Å². The Bertz CT molecular complexity index is 306. The number of thioether (sulfide) groups is 1. The van der Waals surface area contributed by atoms with E-state index in [0.29, 0.717) is 5.92 Å². The van der Waals surface area contributed by atoms with E-state index in [1.165, 1.54) is 17.3 Å². The lowest BCUT2D eigenvalue weighted by molar-refractivity contribution is 0.270. The van der Waals surface area contributed by atoms with E-state index < -0.39 is 0 Å². The van der Waals surface area contributed by atoms with E-state index in [-0.39, 0.29) is 5.24 Å². The Morgan fingerprint density at radius 3 is 2.29 bits per heavy atom. The fraction of sp³-hybridized carbons (Fsp3) is 0.364. The molecule has 1 N–H and O–H groups in total. The Balaban J connectivity index is 2.69. The summed E-state index contributed by atoms with van der Waals surface area (Å²) < 4.78 is 0. The van der Waals surface area contributed by atoms with Gasteiger partial charge in [0.1, 0.15) is 0 Å². The monoisotopic (exact) mass is 209 g/mol. The molecule has 0 aliphatic rings. The molecule has 3 heteroatoms. The lowest BCUT2D eigenvalue weighted by Gasteiger charge is -2.07. The summed E-state index contributed by atoms with van der Waals surface area (Å²) in [6, 6.07) is 7.95. The van der Waals surface area contributed by atoms with E-state index in [4.69, 9.17) is 0 Å². The molecule has 0 aliphatic carbocycles. The Hall–Kier alpha value is -0.960. The molecule has 1 rings (SSSR count).